The van der Waals surface area contributed by atoms with Crippen molar-refractivity contribution in [3.05, 3.63) is 41.8 Å². The molecule has 3 rings (SSSR count). The Morgan fingerprint density at radius 1 is 1.00 bits per heavy atom. The lowest BCUT2D eigenvalue weighted by molar-refractivity contribution is 0.531. The molecule has 1 saturated heterocycles. The summed E-state index contributed by atoms with van der Waals surface area (Å²) in [6.45, 7) is 1.99. The molecule has 2 heterocycles. The molecule has 0 aliphatic carbocycles. The first-order valence-electron chi connectivity index (χ1n) is 6.07. The lowest BCUT2D eigenvalue weighted by atomic mass is 10.2. The van der Waals surface area contributed by atoms with Crippen LogP contribution in [0.1, 0.15) is 24.3 Å². The fraction of sp³-hybridized carbons (Fsp3) is 0.286. The van der Waals surface area contributed by atoms with Gasteiger partial charge in [-0.1, -0.05) is 34.3 Å². The molecule has 1 fully saturated rings. The minimum atomic E-state index is 0.376. The van der Waals surface area contributed by atoms with Crippen molar-refractivity contribution in [2.75, 3.05) is 18.0 Å². The quantitative estimate of drug-likeness (QED) is 0.714. The molecule has 18 heavy (non-hydrogen) atoms. The van der Waals surface area contributed by atoms with Gasteiger partial charge < -0.3 is 9.32 Å². The summed E-state index contributed by atoms with van der Waals surface area (Å²) in [5.41, 5.74) is 0.943. The van der Waals surface area contributed by atoms with Crippen LogP contribution < -0.4 is 4.90 Å². The molecular weight excluding hydrogens is 226 g/mol. The van der Waals surface area contributed by atoms with Crippen LogP contribution in [0, 0.1) is 11.8 Å². The summed E-state index contributed by atoms with van der Waals surface area (Å²) in [6.07, 6.45) is 2.38. The first kappa shape index (κ1) is 10.8. The lowest BCUT2D eigenvalue weighted by Gasteiger charge is -2.09. The van der Waals surface area contributed by atoms with E-state index < -0.39 is 0 Å². The first-order chi connectivity index (χ1) is 8.92. The highest BCUT2D eigenvalue weighted by atomic mass is 16.4. The molecule has 1 aliphatic rings. The molecule has 1 aromatic heterocycles. The Kier molecular flexibility index (Phi) is 2.97. The van der Waals surface area contributed by atoms with Gasteiger partial charge >= 0.3 is 6.01 Å². The topological polar surface area (TPSA) is 42.2 Å². The van der Waals surface area contributed by atoms with Crippen LogP contribution in [-0.4, -0.2) is 23.3 Å². The Morgan fingerprint density at radius 2 is 1.78 bits per heavy atom. The second-order valence-electron chi connectivity index (χ2n) is 4.20. The zero-order valence-electron chi connectivity index (χ0n) is 9.97. The van der Waals surface area contributed by atoms with E-state index in [1.807, 2.05) is 30.3 Å². The van der Waals surface area contributed by atoms with E-state index in [2.05, 4.69) is 26.9 Å². The number of hydrogen-bond donors (Lipinski definition) is 0. The number of hydrogen-bond acceptors (Lipinski definition) is 4. The van der Waals surface area contributed by atoms with Crippen molar-refractivity contribution < 1.29 is 4.42 Å². The molecule has 0 radical (unpaired) electrons. The van der Waals surface area contributed by atoms with Gasteiger partial charge in [0.05, 0.1) is 0 Å². The predicted molar refractivity (Wildman–Crippen MR) is 68.2 cm³/mol. The van der Waals surface area contributed by atoms with Crippen molar-refractivity contribution in [3.63, 3.8) is 0 Å². The molecule has 1 aliphatic heterocycles. The van der Waals surface area contributed by atoms with Gasteiger partial charge in [-0.05, 0) is 30.9 Å². The summed E-state index contributed by atoms with van der Waals surface area (Å²) < 4.78 is 5.52. The summed E-state index contributed by atoms with van der Waals surface area (Å²) in [7, 11) is 0. The van der Waals surface area contributed by atoms with Gasteiger partial charge in [0.1, 0.15) is 0 Å². The lowest BCUT2D eigenvalue weighted by Crippen LogP contribution is -2.17. The van der Waals surface area contributed by atoms with Crippen LogP contribution in [0.3, 0.4) is 0 Å². The summed E-state index contributed by atoms with van der Waals surface area (Å²) in [5, 5.41) is 7.96. The van der Waals surface area contributed by atoms with Gasteiger partial charge in [0.25, 0.3) is 5.89 Å². The zero-order chi connectivity index (χ0) is 12.2. The molecule has 4 heteroatoms. The second-order valence-corrected chi connectivity index (χ2v) is 4.20. The molecule has 1 aromatic carbocycles. The Labute approximate surface area is 106 Å². The molecule has 0 spiro atoms. The number of aromatic nitrogens is 2. The summed E-state index contributed by atoms with van der Waals surface area (Å²) >= 11 is 0. The van der Waals surface area contributed by atoms with Crippen molar-refractivity contribution in [1.82, 2.24) is 10.2 Å². The summed E-state index contributed by atoms with van der Waals surface area (Å²) in [5.74, 6) is 6.26. The molecule has 0 amide bonds. The molecular formula is C14H13N3O. The molecule has 4 nitrogen and oxygen atoms in total. The van der Waals surface area contributed by atoms with Gasteiger partial charge in [0.15, 0.2) is 0 Å². The third-order valence-electron chi connectivity index (χ3n) is 2.88. The van der Waals surface area contributed by atoms with Crippen LogP contribution in [0.15, 0.2) is 34.7 Å². The zero-order valence-corrected chi connectivity index (χ0v) is 9.97. The summed E-state index contributed by atoms with van der Waals surface area (Å²) in [4.78, 5) is 2.10. The van der Waals surface area contributed by atoms with E-state index in [-0.39, 0.29) is 0 Å². The van der Waals surface area contributed by atoms with Gasteiger partial charge in [0, 0.05) is 18.7 Å². The van der Waals surface area contributed by atoms with Crippen LogP contribution in [-0.2, 0) is 0 Å². The number of anilines is 1. The minimum Gasteiger partial charge on any atom is -0.396 e. The molecule has 90 valence electrons. The van der Waals surface area contributed by atoms with E-state index >= 15 is 0 Å². The van der Waals surface area contributed by atoms with Crippen molar-refractivity contribution in [2.45, 2.75) is 12.8 Å². The predicted octanol–water partition coefficient (Wildman–Crippen LogP) is 2.07. The fourth-order valence-corrected chi connectivity index (χ4v) is 1.95. The Hall–Kier alpha value is -2.28. The minimum absolute atomic E-state index is 0.376. The highest BCUT2D eigenvalue weighted by Crippen LogP contribution is 2.17. The molecule has 0 unspecified atom stereocenters. The Bertz CT molecular complexity index is 574. The van der Waals surface area contributed by atoms with Gasteiger partial charge in [-0.15, -0.1) is 0 Å². The number of rotatable bonds is 1. The van der Waals surface area contributed by atoms with Crippen LogP contribution >= 0.6 is 0 Å². The highest BCUT2D eigenvalue weighted by molar-refractivity contribution is 5.38. The van der Waals surface area contributed by atoms with Crippen LogP contribution in [0.2, 0.25) is 0 Å². The van der Waals surface area contributed by atoms with Crippen molar-refractivity contribution in [2.24, 2.45) is 0 Å². The van der Waals surface area contributed by atoms with Crippen LogP contribution in [0.4, 0.5) is 6.01 Å². The molecule has 0 N–H and O–H groups in total. The maximum Gasteiger partial charge on any atom is 0.318 e. The van der Waals surface area contributed by atoms with Crippen LogP contribution in [0.5, 0.6) is 0 Å². The van der Waals surface area contributed by atoms with Gasteiger partial charge in [0.2, 0.25) is 0 Å². The molecule has 2 aromatic rings. The molecule has 0 bridgehead atoms. The number of benzene rings is 1. The highest BCUT2D eigenvalue weighted by Gasteiger charge is 2.17. The summed E-state index contributed by atoms with van der Waals surface area (Å²) in [6, 6.07) is 10.4. The van der Waals surface area contributed by atoms with Gasteiger partial charge in [-0.3, -0.25) is 0 Å². The average Bonchev–Trinajstić information content (AvgIpc) is 3.08. The Morgan fingerprint density at radius 3 is 2.56 bits per heavy atom. The normalized spacial score (nSPS) is 14.3. The van der Waals surface area contributed by atoms with E-state index in [0.717, 1.165) is 18.7 Å². The maximum absolute atomic E-state index is 5.52. The molecule has 0 saturated carbocycles. The standard InChI is InChI=1S/C14H13N3O/c1-2-6-12(7-3-1)8-9-13-15-16-14(18-13)17-10-4-5-11-17/h1-3,6-7H,4-5,10-11H2. The smallest absolute Gasteiger partial charge is 0.318 e. The van der Waals surface area contributed by atoms with Crippen molar-refractivity contribution in [1.29, 1.82) is 0 Å². The second kappa shape index (κ2) is 4.92. The third-order valence-corrected chi connectivity index (χ3v) is 2.88. The number of nitrogens with zero attached hydrogens (tertiary/aromatic N) is 3. The Balaban J connectivity index is 1.76. The van der Waals surface area contributed by atoms with E-state index in [9.17, 15) is 0 Å². The van der Waals surface area contributed by atoms with Crippen LogP contribution in [0.25, 0.3) is 0 Å². The fourth-order valence-electron chi connectivity index (χ4n) is 1.95. The average molecular weight is 239 g/mol. The van der Waals surface area contributed by atoms with Gasteiger partial charge in [-0.2, -0.15) is 0 Å². The third kappa shape index (κ3) is 2.35. The maximum atomic E-state index is 5.52. The molecule has 0 atom stereocenters. The SMILES string of the molecule is C(#Cc1nnc(N2CCCC2)o1)c1ccccc1. The first-order valence-corrected chi connectivity index (χ1v) is 6.07. The van der Waals surface area contributed by atoms with Crippen molar-refractivity contribution >= 4 is 6.01 Å². The monoisotopic (exact) mass is 239 g/mol. The van der Waals surface area contributed by atoms with Crippen molar-refractivity contribution in [3.8, 4) is 11.8 Å². The van der Waals surface area contributed by atoms with E-state index in [0.29, 0.717) is 11.9 Å². The largest absolute Gasteiger partial charge is 0.396 e. The van der Waals surface area contributed by atoms with E-state index in [1.54, 1.807) is 0 Å². The van der Waals surface area contributed by atoms with Gasteiger partial charge in [-0.25, -0.2) is 0 Å². The van der Waals surface area contributed by atoms with E-state index in [1.165, 1.54) is 12.8 Å². The van der Waals surface area contributed by atoms with E-state index in [4.69, 9.17) is 4.42 Å².